The first kappa shape index (κ1) is 15.0. The topological polar surface area (TPSA) is 58.1 Å². The summed E-state index contributed by atoms with van der Waals surface area (Å²) in [7, 11) is 3.43. The number of likely N-dealkylation sites (N-methyl/N-ethyl adjacent to an activating group) is 2. The van der Waals surface area contributed by atoms with E-state index in [0.717, 1.165) is 22.2 Å². The summed E-state index contributed by atoms with van der Waals surface area (Å²) in [6.07, 6.45) is 0. The Hall–Kier alpha value is -2.95. The van der Waals surface area contributed by atoms with E-state index in [1.165, 1.54) is 0 Å². The minimum absolute atomic E-state index is 0.0782. The number of nitrogens with one attached hydrogen (secondary N) is 1. The molecule has 1 aromatic heterocycles. The van der Waals surface area contributed by atoms with E-state index >= 15 is 0 Å². The van der Waals surface area contributed by atoms with Crippen LogP contribution in [0.4, 0.5) is 5.95 Å². The fourth-order valence-corrected chi connectivity index (χ4v) is 2.42. The predicted molar refractivity (Wildman–Crippen MR) is 92.3 cm³/mol. The molecule has 23 heavy (non-hydrogen) atoms. The van der Waals surface area contributed by atoms with Crippen molar-refractivity contribution in [3.05, 3.63) is 54.6 Å². The van der Waals surface area contributed by atoms with Crippen LogP contribution in [0.1, 0.15) is 0 Å². The molecule has 1 heterocycles. The molecule has 0 aliphatic rings. The Bertz CT molecular complexity index is 833. The van der Waals surface area contributed by atoms with E-state index in [-0.39, 0.29) is 12.5 Å². The molecule has 0 saturated heterocycles. The van der Waals surface area contributed by atoms with Crippen molar-refractivity contribution in [1.29, 1.82) is 0 Å². The van der Waals surface area contributed by atoms with Gasteiger partial charge in [0.25, 0.3) is 0 Å². The van der Waals surface area contributed by atoms with E-state index < -0.39 is 0 Å². The molecule has 3 aromatic rings. The van der Waals surface area contributed by atoms with Crippen LogP contribution >= 0.6 is 0 Å². The molecule has 1 N–H and O–H groups in total. The second-order valence-corrected chi connectivity index (χ2v) is 5.28. The molecule has 3 rings (SSSR count). The van der Waals surface area contributed by atoms with Gasteiger partial charge < -0.3 is 10.2 Å². The number of hydrogen-bond acceptors (Lipinski definition) is 4. The molecule has 0 fully saturated rings. The Balaban J connectivity index is 2.13. The van der Waals surface area contributed by atoms with E-state index in [2.05, 4.69) is 10.3 Å². The van der Waals surface area contributed by atoms with Crippen molar-refractivity contribution in [2.45, 2.75) is 0 Å². The molecule has 0 spiro atoms. The number of anilines is 1. The highest BCUT2D eigenvalue weighted by Crippen LogP contribution is 2.27. The third-order valence-electron chi connectivity index (χ3n) is 3.64. The third kappa shape index (κ3) is 3.13. The zero-order chi connectivity index (χ0) is 16.2. The molecule has 0 unspecified atom stereocenters. The summed E-state index contributed by atoms with van der Waals surface area (Å²) in [5.74, 6) is 0.455. The number of amides is 1. The number of rotatable bonds is 4. The zero-order valence-corrected chi connectivity index (χ0v) is 13.2. The number of carbonyl (C=O) groups excluding carboxylic acids is 1. The van der Waals surface area contributed by atoms with Gasteiger partial charge in [0.1, 0.15) is 0 Å². The fraction of sp³-hybridized carbons (Fsp3) is 0.167. The van der Waals surface area contributed by atoms with Gasteiger partial charge in [-0.25, -0.2) is 9.97 Å². The minimum atomic E-state index is -0.0782. The quantitative estimate of drug-likeness (QED) is 0.804. The zero-order valence-electron chi connectivity index (χ0n) is 13.2. The van der Waals surface area contributed by atoms with Gasteiger partial charge in [-0.15, -0.1) is 0 Å². The third-order valence-corrected chi connectivity index (χ3v) is 3.64. The van der Waals surface area contributed by atoms with Crippen LogP contribution < -0.4 is 10.2 Å². The Morgan fingerprint density at radius 2 is 1.74 bits per heavy atom. The van der Waals surface area contributed by atoms with Crippen molar-refractivity contribution >= 4 is 22.8 Å². The van der Waals surface area contributed by atoms with Gasteiger partial charge in [0, 0.05) is 25.0 Å². The number of aromatic nitrogens is 2. The average molecular weight is 306 g/mol. The lowest BCUT2D eigenvalue weighted by Gasteiger charge is -2.18. The molecule has 0 radical (unpaired) electrons. The number of fused-ring (bicyclic) bond motifs is 1. The summed E-state index contributed by atoms with van der Waals surface area (Å²) >= 11 is 0. The first-order valence-corrected chi connectivity index (χ1v) is 7.43. The average Bonchev–Trinajstić information content (AvgIpc) is 2.61. The highest BCUT2D eigenvalue weighted by molar-refractivity contribution is 5.93. The van der Waals surface area contributed by atoms with Gasteiger partial charge in [0.15, 0.2) is 0 Å². The summed E-state index contributed by atoms with van der Waals surface area (Å²) in [4.78, 5) is 22.6. The lowest BCUT2D eigenvalue weighted by Crippen LogP contribution is -2.33. The molecule has 0 aliphatic carbocycles. The lowest BCUT2D eigenvalue weighted by molar-refractivity contribution is -0.119. The van der Waals surface area contributed by atoms with E-state index in [4.69, 9.17) is 4.98 Å². The van der Waals surface area contributed by atoms with Gasteiger partial charge in [-0.3, -0.25) is 4.79 Å². The van der Waals surface area contributed by atoms with Gasteiger partial charge in [-0.2, -0.15) is 0 Å². The van der Waals surface area contributed by atoms with E-state index in [1.807, 2.05) is 61.6 Å². The second kappa shape index (κ2) is 6.44. The smallest absolute Gasteiger partial charge is 0.239 e. The molecule has 2 aromatic carbocycles. The number of nitrogens with zero attached hydrogens (tertiary/aromatic N) is 3. The van der Waals surface area contributed by atoms with E-state index in [1.54, 1.807) is 11.9 Å². The molecule has 0 atom stereocenters. The van der Waals surface area contributed by atoms with Crippen LogP contribution in [-0.2, 0) is 4.79 Å². The summed E-state index contributed by atoms with van der Waals surface area (Å²) in [6, 6.07) is 17.9. The molecule has 5 nitrogen and oxygen atoms in total. The van der Waals surface area contributed by atoms with Crippen molar-refractivity contribution in [1.82, 2.24) is 15.3 Å². The summed E-state index contributed by atoms with van der Waals surface area (Å²) < 4.78 is 0. The van der Waals surface area contributed by atoms with Gasteiger partial charge in [0.05, 0.1) is 17.8 Å². The molecule has 0 bridgehead atoms. The first-order chi connectivity index (χ1) is 11.2. The Morgan fingerprint density at radius 3 is 2.48 bits per heavy atom. The predicted octanol–water partition coefficient (Wildman–Crippen LogP) is 2.48. The van der Waals surface area contributed by atoms with E-state index in [9.17, 15) is 4.79 Å². The van der Waals surface area contributed by atoms with Crippen LogP contribution in [0.25, 0.3) is 22.2 Å². The number of carbonyl (C=O) groups is 1. The van der Waals surface area contributed by atoms with Gasteiger partial charge in [0.2, 0.25) is 11.9 Å². The maximum atomic E-state index is 11.6. The number of hydrogen-bond donors (Lipinski definition) is 1. The molecule has 0 aliphatic heterocycles. The van der Waals surface area contributed by atoms with Crippen molar-refractivity contribution < 1.29 is 4.79 Å². The van der Waals surface area contributed by atoms with E-state index in [0.29, 0.717) is 5.95 Å². The summed E-state index contributed by atoms with van der Waals surface area (Å²) in [5, 5.41) is 3.61. The Morgan fingerprint density at radius 1 is 1.04 bits per heavy atom. The largest absolute Gasteiger partial charge is 0.358 e. The van der Waals surface area contributed by atoms with Crippen LogP contribution in [0.3, 0.4) is 0 Å². The van der Waals surface area contributed by atoms with Crippen LogP contribution in [0.2, 0.25) is 0 Å². The second-order valence-electron chi connectivity index (χ2n) is 5.28. The molecular weight excluding hydrogens is 288 g/mol. The molecular formula is C18H18N4O. The van der Waals surface area contributed by atoms with Crippen LogP contribution in [0.5, 0.6) is 0 Å². The molecule has 116 valence electrons. The standard InChI is InChI=1S/C18H18N4O/c1-19-16(23)12-22(2)18-20-15-11-7-6-10-14(15)17(21-18)13-8-4-3-5-9-13/h3-11H,12H2,1-2H3,(H,19,23). The van der Waals surface area contributed by atoms with Crippen LogP contribution in [-0.4, -0.2) is 36.5 Å². The lowest BCUT2D eigenvalue weighted by atomic mass is 10.1. The Kier molecular flexibility index (Phi) is 4.19. The molecule has 0 saturated carbocycles. The summed E-state index contributed by atoms with van der Waals surface area (Å²) in [6.45, 7) is 0.211. The Labute approximate surface area is 135 Å². The monoisotopic (exact) mass is 306 g/mol. The number of para-hydroxylation sites is 1. The van der Waals surface area contributed by atoms with Crippen molar-refractivity contribution in [3.8, 4) is 11.3 Å². The number of benzene rings is 2. The SMILES string of the molecule is CNC(=O)CN(C)c1nc(-c2ccccc2)c2ccccc2n1. The van der Waals surface area contributed by atoms with Crippen molar-refractivity contribution in [2.75, 3.05) is 25.5 Å². The van der Waals surface area contributed by atoms with Crippen LogP contribution in [0, 0.1) is 0 Å². The highest BCUT2D eigenvalue weighted by atomic mass is 16.1. The van der Waals surface area contributed by atoms with Gasteiger partial charge in [-0.05, 0) is 6.07 Å². The minimum Gasteiger partial charge on any atom is -0.358 e. The van der Waals surface area contributed by atoms with Crippen molar-refractivity contribution in [3.63, 3.8) is 0 Å². The van der Waals surface area contributed by atoms with Gasteiger partial charge in [-0.1, -0.05) is 48.5 Å². The summed E-state index contributed by atoms with van der Waals surface area (Å²) in [5.41, 5.74) is 2.76. The van der Waals surface area contributed by atoms with Crippen molar-refractivity contribution in [2.24, 2.45) is 0 Å². The normalized spacial score (nSPS) is 10.5. The maximum absolute atomic E-state index is 11.6. The highest BCUT2D eigenvalue weighted by Gasteiger charge is 2.13. The first-order valence-electron chi connectivity index (χ1n) is 7.43. The van der Waals surface area contributed by atoms with Crippen LogP contribution in [0.15, 0.2) is 54.6 Å². The maximum Gasteiger partial charge on any atom is 0.239 e. The molecule has 1 amide bonds. The van der Waals surface area contributed by atoms with Gasteiger partial charge >= 0.3 is 0 Å². The fourth-order valence-electron chi connectivity index (χ4n) is 2.42. The molecule has 5 heteroatoms.